The van der Waals surface area contributed by atoms with Crippen LogP contribution in [0.5, 0.6) is 5.75 Å². The Bertz CT molecular complexity index is 594. The van der Waals surface area contributed by atoms with Crippen molar-refractivity contribution in [2.75, 3.05) is 0 Å². The summed E-state index contributed by atoms with van der Waals surface area (Å²) in [5.41, 5.74) is 8.47. The molecule has 0 saturated heterocycles. The van der Waals surface area contributed by atoms with Crippen molar-refractivity contribution in [2.24, 2.45) is 5.73 Å². The molecule has 4 heteroatoms. The van der Waals surface area contributed by atoms with Crippen molar-refractivity contribution in [1.82, 2.24) is 4.98 Å². The van der Waals surface area contributed by atoms with Gasteiger partial charge in [0.1, 0.15) is 23.0 Å². The van der Waals surface area contributed by atoms with Gasteiger partial charge in [-0.1, -0.05) is 44.3 Å². The summed E-state index contributed by atoms with van der Waals surface area (Å²) in [7, 11) is 0. The van der Waals surface area contributed by atoms with Gasteiger partial charge in [0, 0.05) is 11.8 Å². The van der Waals surface area contributed by atoms with Crippen LogP contribution in [-0.2, 0) is 6.61 Å². The third-order valence-electron chi connectivity index (χ3n) is 3.07. The van der Waals surface area contributed by atoms with E-state index in [1.165, 1.54) is 5.56 Å². The maximum absolute atomic E-state index is 5.76. The van der Waals surface area contributed by atoms with Crippen LogP contribution >= 0.6 is 12.2 Å². The SMILES string of the molecule is CC(C)c1ccc(OCc2cccnc2C(N)=S)cc1. The van der Waals surface area contributed by atoms with Crippen molar-refractivity contribution in [3.8, 4) is 5.75 Å². The highest BCUT2D eigenvalue weighted by Crippen LogP contribution is 2.19. The molecule has 3 nitrogen and oxygen atoms in total. The highest BCUT2D eigenvalue weighted by molar-refractivity contribution is 7.80. The average Bonchev–Trinajstić information content (AvgIpc) is 2.45. The van der Waals surface area contributed by atoms with E-state index in [1.54, 1.807) is 6.20 Å². The number of rotatable bonds is 5. The summed E-state index contributed by atoms with van der Waals surface area (Å²) >= 11 is 4.99. The predicted octanol–water partition coefficient (Wildman–Crippen LogP) is 3.42. The summed E-state index contributed by atoms with van der Waals surface area (Å²) in [6.07, 6.45) is 1.68. The van der Waals surface area contributed by atoms with Crippen molar-refractivity contribution in [2.45, 2.75) is 26.4 Å². The summed E-state index contributed by atoms with van der Waals surface area (Å²) in [4.78, 5) is 4.47. The second-order valence-electron chi connectivity index (χ2n) is 4.89. The van der Waals surface area contributed by atoms with Crippen LogP contribution in [0, 0.1) is 0 Å². The van der Waals surface area contributed by atoms with Crippen LogP contribution in [0.4, 0.5) is 0 Å². The van der Waals surface area contributed by atoms with Crippen molar-refractivity contribution in [3.63, 3.8) is 0 Å². The highest BCUT2D eigenvalue weighted by Gasteiger charge is 2.07. The first-order valence-corrected chi connectivity index (χ1v) is 6.95. The third-order valence-corrected chi connectivity index (χ3v) is 3.26. The summed E-state index contributed by atoms with van der Waals surface area (Å²) < 4.78 is 5.76. The highest BCUT2D eigenvalue weighted by atomic mass is 32.1. The van der Waals surface area contributed by atoms with Gasteiger partial charge in [-0.3, -0.25) is 4.98 Å². The molecule has 1 aromatic carbocycles. The Balaban J connectivity index is 2.07. The quantitative estimate of drug-likeness (QED) is 0.856. The van der Waals surface area contributed by atoms with Gasteiger partial charge in [-0.15, -0.1) is 0 Å². The Kier molecular flexibility index (Phi) is 4.69. The van der Waals surface area contributed by atoms with Crippen molar-refractivity contribution < 1.29 is 4.74 Å². The zero-order chi connectivity index (χ0) is 14.5. The average molecular weight is 286 g/mol. The van der Waals surface area contributed by atoms with Crippen molar-refractivity contribution >= 4 is 17.2 Å². The molecule has 20 heavy (non-hydrogen) atoms. The van der Waals surface area contributed by atoms with Gasteiger partial charge < -0.3 is 10.5 Å². The number of nitrogens with zero attached hydrogens (tertiary/aromatic N) is 1. The number of thiocarbonyl (C=S) groups is 1. The Morgan fingerprint density at radius 1 is 1.25 bits per heavy atom. The Morgan fingerprint density at radius 3 is 2.55 bits per heavy atom. The summed E-state index contributed by atoms with van der Waals surface area (Å²) in [5.74, 6) is 1.34. The molecule has 0 unspecified atom stereocenters. The molecule has 0 aliphatic heterocycles. The molecule has 0 aliphatic rings. The number of benzene rings is 1. The number of nitrogens with two attached hydrogens (primary N) is 1. The third kappa shape index (κ3) is 3.54. The van der Waals surface area contributed by atoms with Crippen LogP contribution in [0.3, 0.4) is 0 Å². The minimum Gasteiger partial charge on any atom is -0.489 e. The monoisotopic (exact) mass is 286 g/mol. The molecule has 104 valence electrons. The van der Waals surface area contributed by atoms with Gasteiger partial charge >= 0.3 is 0 Å². The Hall–Kier alpha value is -1.94. The number of hydrogen-bond acceptors (Lipinski definition) is 3. The lowest BCUT2D eigenvalue weighted by atomic mass is 10.0. The van der Waals surface area contributed by atoms with E-state index in [9.17, 15) is 0 Å². The van der Waals surface area contributed by atoms with Crippen molar-refractivity contribution in [3.05, 3.63) is 59.4 Å². The standard InChI is InChI=1S/C16H18N2OS/c1-11(2)12-5-7-14(8-6-12)19-10-13-4-3-9-18-15(13)16(17)20/h3-9,11H,10H2,1-2H3,(H2,17,20). The molecular weight excluding hydrogens is 268 g/mol. The van der Waals surface area contributed by atoms with Crippen LogP contribution in [-0.4, -0.2) is 9.97 Å². The molecule has 0 saturated carbocycles. The topological polar surface area (TPSA) is 48.1 Å². The van der Waals surface area contributed by atoms with Crippen LogP contribution in [0.2, 0.25) is 0 Å². The molecule has 0 atom stereocenters. The zero-order valence-electron chi connectivity index (χ0n) is 11.7. The molecule has 0 aliphatic carbocycles. The first-order chi connectivity index (χ1) is 9.58. The van der Waals surface area contributed by atoms with E-state index < -0.39 is 0 Å². The summed E-state index contributed by atoms with van der Waals surface area (Å²) in [6.45, 7) is 4.74. The van der Waals surface area contributed by atoms with Gasteiger partial charge in [-0.05, 0) is 29.7 Å². The number of aromatic nitrogens is 1. The lowest BCUT2D eigenvalue weighted by molar-refractivity contribution is 0.305. The molecule has 2 N–H and O–H groups in total. The van der Waals surface area contributed by atoms with E-state index in [4.69, 9.17) is 22.7 Å². The largest absolute Gasteiger partial charge is 0.489 e. The maximum Gasteiger partial charge on any atom is 0.123 e. The molecule has 0 spiro atoms. The summed E-state index contributed by atoms with van der Waals surface area (Å²) in [6, 6.07) is 11.9. The fourth-order valence-corrected chi connectivity index (χ4v) is 2.07. The molecule has 2 aromatic rings. The molecule has 1 aromatic heterocycles. The lowest BCUT2D eigenvalue weighted by Crippen LogP contribution is -2.15. The van der Waals surface area contributed by atoms with Gasteiger partial charge in [0.25, 0.3) is 0 Å². The first-order valence-electron chi connectivity index (χ1n) is 6.54. The van der Waals surface area contributed by atoms with Gasteiger partial charge in [0.15, 0.2) is 0 Å². The van der Waals surface area contributed by atoms with Crippen LogP contribution in [0.1, 0.15) is 36.6 Å². The fraction of sp³-hybridized carbons (Fsp3) is 0.250. The second-order valence-corrected chi connectivity index (χ2v) is 5.33. The fourth-order valence-electron chi connectivity index (χ4n) is 1.89. The van der Waals surface area contributed by atoms with E-state index >= 15 is 0 Å². The molecule has 2 rings (SSSR count). The number of ether oxygens (including phenoxy) is 1. The molecule has 1 heterocycles. The van der Waals surface area contributed by atoms with Gasteiger partial charge in [-0.2, -0.15) is 0 Å². The predicted molar refractivity (Wildman–Crippen MR) is 85.0 cm³/mol. The van der Waals surface area contributed by atoms with Crippen LogP contribution < -0.4 is 10.5 Å². The smallest absolute Gasteiger partial charge is 0.123 e. The van der Waals surface area contributed by atoms with E-state index in [-0.39, 0.29) is 0 Å². The summed E-state index contributed by atoms with van der Waals surface area (Å²) in [5, 5.41) is 0. The van der Waals surface area contributed by atoms with E-state index in [2.05, 4.69) is 31.0 Å². The Labute approximate surface area is 124 Å². The number of pyridine rings is 1. The Morgan fingerprint density at radius 2 is 1.95 bits per heavy atom. The van der Waals surface area contributed by atoms with Crippen LogP contribution in [0.15, 0.2) is 42.6 Å². The van der Waals surface area contributed by atoms with E-state index in [0.717, 1.165) is 11.3 Å². The molecule has 0 radical (unpaired) electrons. The van der Waals surface area contributed by atoms with E-state index in [1.807, 2.05) is 24.3 Å². The molecule has 0 amide bonds. The maximum atomic E-state index is 5.76. The molecule has 0 fully saturated rings. The zero-order valence-corrected chi connectivity index (χ0v) is 12.5. The number of hydrogen-bond donors (Lipinski definition) is 1. The minimum atomic E-state index is 0.291. The van der Waals surface area contributed by atoms with Gasteiger partial charge in [0.2, 0.25) is 0 Å². The minimum absolute atomic E-state index is 0.291. The van der Waals surface area contributed by atoms with Gasteiger partial charge in [-0.25, -0.2) is 0 Å². The normalized spacial score (nSPS) is 10.6. The van der Waals surface area contributed by atoms with Crippen molar-refractivity contribution in [1.29, 1.82) is 0 Å². The second kappa shape index (κ2) is 6.48. The van der Waals surface area contributed by atoms with Crippen LogP contribution in [0.25, 0.3) is 0 Å². The van der Waals surface area contributed by atoms with E-state index in [0.29, 0.717) is 23.2 Å². The van der Waals surface area contributed by atoms with Gasteiger partial charge in [0.05, 0.1) is 0 Å². The first kappa shape index (κ1) is 14.5. The lowest BCUT2D eigenvalue weighted by Gasteiger charge is -2.10. The molecule has 0 bridgehead atoms. The molecular formula is C16H18N2OS.